The highest BCUT2D eigenvalue weighted by Crippen LogP contribution is 2.37. The van der Waals surface area contributed by atoms with Gasteiger partial charge < -0.3 is 10.5 Å². The molecule has 0 amide bonds. The van der Waals surface area contributed by atoms with Crippen LogP contribution in [0.3, 0.4) is 0 Å². The number of anilines is 1. The van der Waals surface area contributed by atoms with Crippen LogP contribution >= 0.6 is 0 Å². The van der Waals surface area contributed by atoms with Crippen LogP contribution in [-0.2, 0) is 6.42 Å². The van der Waals surface area contributed by atoms with Gasteiger partial charge in [0.1, 0.15) is 17.2 Å². The topological polar surface area (TPSA) is 63.9 Å². The number of aromatic nitrogens is 2. The first kappa shape index (κ1) is 10.2. The van der Waals surface area contributed by atoms with Crippen LogP contribution in [0.4, 0.5) is 5.82 Å². The quantitative estimate of drug-likeness (QED) is 0.789. The lowest BCUT2D eigenvalue weighted by molar-refractivity contribution is 0.138. The van der Waals surface area contributed by atoms with E-state index in [4.69, 9.17) is 10.5 Å². The van der Waals surface area contributed by atoms with Crippen molar-refractivity contribution in [3.8, 4) is 16.9 Å². The lowest BCUT2D eigenvalue weighted by Crippen LogP contribution is -2.24. The van der Waals surface area contributed by atoms with E-state index in [1.165, 1.54) is 5.56 Å². The first-order valence-corrected chi connectivity index (χ1v) is 5.66. The molecule has 17 heavy (non-hydrogen) atoms. The summed E-state index contributed by atoms with van der Waals surface area (Å²) >= 11 is 0. The van der Waals surface area contributed by atoms with E-state index in [0.29, 0.717) is 5.82 Å². The minimum Gasteiger partial charge on any atom is -0.487 e. The Balaban J connectivity index is 2.05. The minimum absolute atomic E-state index is 0.108. The van der Waals surface area contributed by atoms with Crippen LogP contribution in [0, 0.1) is 0 Å². The minimum atomic E-state index is -0.108. The molecule has 3 rings (SSSR count). The lowest BCUT2D eigenvalue weighted by Gasteiger charge is -2.16. The molecule has 1 aliphatic heterocycles. The molecular formula is C13H15N3O. The number of ether oxygens (including phenoxy) is 1. The molecule has 0 saturated heterocycles. The third-order valence-corrected chi connectivity index (χ3v) is 3.04. The zero-order chi connectivity index (χ0) is 12.0. The maximum atomic E-state index is 5.84. The molecule has 2 aromatic rings. The first-order valence-electron chi connectivity index (χ1n) is 5.66. The van der Waals surface area contributed by atoms with Crippen molar-refractivity contribution in [2.24, 2.45) is 0 Å². The Morgan fingerprint density at radius 3 is 2.94 bits per heavy atom. The molecule has 0 saturated carbocycles. The summed E-state index contributed by atoms with van der Waals surface area (Å²) in [5, 5.41) is 6.69. The second-order valence-electron chi connectivity index (χ2n) is 5.06. The van der Waals surface area contributed by atoms with E-state index in [0.717, 1.165) is 23.3 Å². The molecular weight excluding hydrogens is 214 g/mol. The molecule has 88 valence electrons. The largest absolute Gasteiger partial charge is 0.487 e. The van der Waals surface area contributed by atoms with Crippen LogP contribution in [0.2, 0.25) is 0 Å². The van der Waals surface area contributed by atoms with Crippen molar-refractivity contribution in [2.75, 3.05) is 5.73 Å². The standard InChI is InChI=1S/C13H15N3O/c1-13(2)6-9-5-8(3-4-11(9)17-13)10-7-15-16-12(10)14/h3-5,7H,6H2,1-2H3,(H3,14,15,16). The van der Waals surface area contributed by atoms with Gasteiger partial charge in [0.05, 0.1) is 6.20 Å². The summed E-state index contributed by atoms with van der Waals surface area (Å²) < 4.78 is 5.84. The first-order chi connectivity index (χ1) is 8.05. The Morgan fingerprint density at radius 2 is 2.24 bits per heavy atom. The molecule has 0 spiro atoms. The number of hydrogen-bond donors (Lipinski definition) is 2. The maximum Gasteiger partial charge on any atom is 0.126 e. The molecule has 0 fully saturated rings. The van der Waals surface area contributed by atoms with E-state index < -0.39 is 0 Å². The molecule has 3 N–H and O–H groups in total. The number of nitrogens with one attached hydrogen (secondary N) is 1. The predicted octanol–water partition coefficient (Wildman–Crippen LogP) is 2.37. The molecule has 0 aliphatic carbocycles. The summed E-state index contributed by atoms with van der Waals surface area (Å²) in [6, 6.07) is 6.15. The lowest BCUT2D eigenvalue weighted by atomic mass is 9.98. The molecule has 1 aromatic carbocycles. The molecule has 4 heteroatoms. The van der Waals surface area contributed by atoms with Crippen molar-refractivity contribution >= 4 is 5.82 Å². The fraction of sp³-hybridized carbons (Fsp3) is 0.308. The van der Waals surface area contributed by atoms with Crippen molar-refractivity contribution in [1.29, 1.82) is 0 Å². The summed E-state index contributed by atoms with van der Waals surface area (Å²) in [5.74, 6) is 1.57. The number of nitrogen functional groups attached to an aromatic ring is 1. The van der Waals surface area contributed by atoms with Crippen molar-refractivity contribution in [3.63, 3.8) is 0 Å². The summed E-state index contributed by atoms with van der Waals surface area (Å²) in [4.78, 5) is 0. The van der Waals surface area contributed by atoms with E-state index in [1.54, 1.807) is 6.20 Å². The zero-order valence-corrected chi connectivity index (χ0v) is 9.95. The van der Waals surface area contributed by atoms with Gasteiger partial charge in [0, 0.05) is 12.0 Å². The number of nitrogens with two attached hydrogens (primary N) is 1. The molecule has 1 aromatic heterocycles. The SMILES string of the molecule is CC1(C)Cc2cc(-c3cn[nH]c3N)ccc2O1. The van der Waals surface area contributed by atoms with E-state index in [2.05, 4.69) is 30.1 Å². The average molecular weight is 229 g/mol. The molecule has 0 atom stereocenters. The fourth-order valence-electron chi connectivity index (χ4n) is 2.30. The van der Waals surface area contributed by atoms with Gasteiger partial charge in [0.2, 0.25) is 0 Å². The molecule has 0 bridgehead atoms. The summed E-state index contributed by atoms with van der Waals surface area (Å²) in [6.45, 7) is 4.19. The van der Waals surface area contributed by atoms with Gasteiger partial charge in [-0.25, -0.2) is 0 Å². The second kappa shape index (κ2) is 3.26. The van der Waals surface area contributed by atoms with Crippen LogP contribution < -0.4 is 10.5 Å². The highest BCUT2D eigenvalue weighted by atomic mass is 16.5. The van der Waals surface area contributed by atoms with Crippen LogP contribution in [-0.4, -0.2) is 15.8 Å². The number of hydrogen-bond acceptors (Lipinski definition) is 3. The van der Waals surface area contributed by atoms with Crippen LogP contribution in [0.1, 0.15) is 19.4 Å². The van der Waals surface area contributed by atoms with E-state index in [-0.39, 0.29) is 5.60 Å². The third kappa shape index (κ3) is 1.65. The molecule has 1 aliphatic rings. The Bertz CT molecular complexity index is 572. The van der Waals surface area contributed by atoms with Crippen LogP contribution in [0.5, 0.6) is 5.75 Å². The number of rotatable bonds is 1. The van der Waals surface area contributed by atoms with Gasteiger partial charge in [0.25, 0.3) is 0 Å². The zero-order valence-electron chi connectivity index (χ0n) is 9.95. The van der Waals surface area contributed by atoms with Gasteiger partial charge in [-0.3, -0.25) is 5.10 Å². The monoisotopic (exact) mass is 229 g/mol. The van der Waals surface area contributed by atoms with Gasteiger partial charge in [-0.05, 0) is 37.1 Å². The third-order valence-electron chi connectivity index (χ3n) is 3.04. The van der Waals surface area contributed by atoms with Crippen molar-refractivity contribution in [1.82, 2.24) is 10.2 Å². The van der Waals surface area contributed by atoms with Gasteiger partial charge >= 0.3 is 0 Å². The van der Waals surface area contributed by atoms with Crippen LogP contribution in [0.25, 0.3) is 11.1 Å². The van der Waals surface area contributed by atoms with Gasteiger partial charge in [-0.2, -0.15) is 5.10 Å². The number of nitrogens with zero attached hydrogens (tertiary/aromatic N) is 1. The second-order valence-corrected chi connectivity index (χ2v) is 5.06. The van der Waals surface area contributed by atoms with Crippen molar-refractivity contribution in [3.05, 3.63) is 30.0 Å². The Hall–Kier alpha value is -1.97. The highest BCUT2D eigenvalue weighted by Gasteiger charge is 2.30. The molecule has 0 radical (unpaired) electrons. The predicted molar refractivity (Wildman–Crippen MR) is 66.8 cm³/mol. The van der Waals surface area contributed by atoms with E-state index in [9.17, 15) is 0 Å². The highest BCUT2D eigenvalue weighted by molar-refractivity contribution is 5.74. The number of fused-ring (bicyclic) bond motifs is 1. The Labute approximate surface area is 99.8 Å². The maximum absolute atomic E-state index is 5.84. The number of benzene rings is 1. The van der Waals surface area contributed by atoms with Gasteiger partial charge in [-0.15, -0.1) is 0 Å². The summed E-state index contributed by atoms with van der Waals surface area (Å²) in [6.07, 6.45) is 2.67. The molecule has 4 nitrogen and oxygen atoms in total. The number of H-pyrrole nitrogens is 1. The summed E-state index contributed by atoms with van der Waals surface area (Å²) in [5.41, 5.74) is 8.97. The summed E-state index contributed by atoms with van der Waals surface area (Å²) in [7, 11) is 0. The normalized spacial score (nSPS) is 16.6. The van der Waals surface area contributed by atoms with Gasteiger partial charge in [-0.1, -0.05) is 6.07 Å². The van der Waals surface area contributed by atoms with E-state index in [1.807, 2.05) is 12.1 Å². The Kier molecular flexibility index (Phi) is 1.96. The number of aromatic amines is 1. The Morgan fingerprint density at radius 1 is 1.41 bits per heavy atom. The molecule has 2 heterocycles. The van der Waals surface area contributed by atoms with Crippen LogP contribution in [0.15, 0.2) is 24.4 Å². The fourth-order valence-corrected chi connectivity index (χ4v) is 2.30. The molecule has 0 unspecified atom stereocenters. The average Bonchev–Trinajstić information content (AvgIpc) is 2.78. The smallest absolute Gasteiger partial charge is 0.126 e. The van der Waals surface area contributed by atoms with Gasteiger partial charge in [0.15, 0.2) is 0 Å². The van der Waals surface area contributed by atoms with Crippen molar-refractivity contribution in [2.45, 2.75) is 25.9 Å². The van der Waals surface area contributed by atoms with Crippen molar-refractivity contribution < 1.29 is 4.74 Å². The van der Waals surface area contributed by atoms with E-state index >= 15 is 0 Å².